The van der Waals surface area contributed by atoms with Crippen molar-refractivity contribution in [1.29, 1.82) is 0 Å². The molecule has 0 amide bonds. The predicted molar refractivity (Wildman–Crippen MR) is 43.2 cm³/mol. The summed E-state index contributed by atoms with van der Waals surface area (Å²) in [5.41, 5.74) is 3.27. The van der Waals surface area contributed by atoms with Gasteiger partial charge in [-0.1, -0.05) is 17.7 Å². The van der Waals surface area contributed by atoms with Gasteiger partial charge in [-0.25, -0.2) is 0 Å². The number of ether oxygens (including phenoxy) is 1. The number of hydrogen-bond acceptors (Lipinski definition) is 1. The minimum absolute atomic E-state index is 0.127. The van der Waals surface area contributed by atoms with Gasteiger partial charge in [-0.15, -0.1) is 0 Å². The molecule has 1 fully saturated rings. The van der Waals surface area contributed by atoms with Crippen LogP contribution in [0.1, 0.15) is 19.8 Å². The molecular formula is C10H12O. The van der Waals surface area contributed by atoms with Crippen molar-refractivity contribution in [3.05, 3.63) is 23.3 Å². The van der Waals surface area contributed by atoms with Crippen molar-refractivity contribution in [2.24, 2.45) is 5.92 Å². The molecule has 0 radical (unpaired) electrons. The second-order valence-corrected chi connectivity index (χ2v) is 3.84. The fourth-order valence-corrected chi connectivity index (χ4v) is 2.79. The Morgan fingerprint density at radius 2 is 2.55 bits per heavy atom. The molecule has 1 heteroatoms. The van der Waals surface area contributed by atoms with Gasteiger partial charge in [0.1, 0.15) is 0 Å². The molecular weight excluding hydrogens is 136 g/mol. The largest absolute Gasteiger partial charge is 0.370 e. The van der Waals surface area contributed by atoms with Gasteiger partial charge in [0.15, 0.2) is 0 Å². The maximum absolute atomic E-state index is 5.74. The van der Waals surface area contributed by atoms with Gasteiger partial charge in [-0.2, -0.15) is 0 Å². The van der Waals surface area contributed by atoms with E-state index < -0.39 is 0 Å². The van der Waals surface area contributed by atoms with Crippen molar-refractivity contribution in [3.63, 3.8) is 0 Å². The molecule has 11 heavy (non-hydrogen) atoms. The maximum Gasteiger partial charge on any atom is 0.0969 e. The second kappa shape index (κ2) is 1.61. The third kappa shape index (κ3) is 0.497. The molecule has 1 nitrogen and oxygen atoms in total. The number of hydrogen-bond donors (Lipinski definition) is 0. The summed E-state index contributed by atoms with van der Waals surface area (Å²) in [5, 5.41) is 0. The SMILES string of the molecule is CC12OCCC1C1=C2C=CC1. The zero-order valence-electron chi connectivity index (χ0n) is 6.76. The van der Waals surface area contributed by atoms with Crippen LogP contribution in [0, 0.1) is 5.92 Å². The molecule has 0 N–H and O–H groups in total. The summed E-state index contributed by atoms with van der Waals surface area (Å²) in [6.07, 6.45) is 6.95. The molecule has 0 saturated carbocycles. The lowest BCUT2D eigenvalue weighted by Gasteiger charge is -2.42. The molecule has 0 aromatic rings. The van der Waals surface area contributed by atoms with E-state index in [-0.39, 0.29) is 5.60 Å². The lowest BCUT2D eigenvalue weighted by molar-refractivity contribution is 0.0189. The lowest BCUT2D eigenvalue weighted by Crippen LogP contribution is -2.42. The van der Waals surface area contributed by atoms with Crippen LogP contribution in [0.3, 0.4) is 0 Å². The molecule has 0 bridgehead atoms. The van der Waals surface area contributed by atoms with Crippen molar-refractivity contribution >= 4 is 0 Å². The molecule has 0 aromatic heterocycles. The molecule has 2 unspecified atom stereocenters. The van der Waals surface area contributed by atoms with E-state index in [0.717, 1.165) is 12.5 Å². The normalized spacial score (nSPS) is 45.7. The summed E-state index contributed by atoms with van der Waals surface area (Å²) in [6.45, 7) is 3.20. The summed E-state index contributed by atoms with van der Waals surface area (Å²) in [4.78, 5) is 0. The highest BCUT2D eigenvalue weighted by Gasteiger charge is 2.53. The fraction of sp³-hybridized carbons (Fsp3) is 0.600. The standard InChI is InChI=1S/C10H12O/c1-10-8-4-2-3-7(8)9(10)5-6-11-10/h2,4,9H,3,5-6H2,1H3. The fourth-order valence-electron chi connectivity index (χ4n) is 2.79. The second-order valence-electron chi connectivity index (χ2n) is 3.84. The first-order chi connectivity index (χ1) is 5.32. The monoisotopic (exact) mass is 148 g/mol. The van der Waals surface area contributed by atoms with Gasteiger partial charge < -0.3 is 4.74 Å². The highest BCUT2D eigenvalue weighted by atomic mass is 16.5. The van der Waals surface area contributed by atoms with E-state index in [9.17, 15) is 0 Å². The first kappa shape index (κ1) is 6.01. The van der Waals surface area contributed by atoms with E-state index in [1.165, 1.54) is 18.4 Å². The minimum atomic E-state index is 0.127. The van der Waals surface area contributed by atoms with E-state index in [1.807, 2.05) is 0 Å². The molecule has 2 atom stereocenters. The maximum atomic E-state index is 5.74. The molecule has 0 aromatic carbocycles. The van der Waals surface area contributed by atoms with Crippen molar-refractivity contribution in [3.8, 4) is 0 Å². The Kier molecular flexibility index (Phi) is 0.880. The van der Waals surface area contributed by atoms with Gasteiger partial charge in [-0.3, -0.25) is 0 Å². The Morgan fingerprint density at radius 3 is 3.45 bits per heavy atom. The zero-order valence-corrected chi connectivity index (χ0v) is 6.76. The van der Waals surface area contributed by atoms with Crippen LogP contribution in [0.15, 0.2) is 23.3 Å². The number of rotatable bonds is 0. The van der Waals surface area contributed by atoms with Crippen molar-refractivity contribution < 1.29 is 4.74 Å². The molecule has 3 aliphatic rings. The Morgan fingerprint density at radius 1 is 1.64 bits per heavy atom. The predicted octanol–water partition coefficient (Wildman–Crippen LogP) is 2.05. The summed E-state index contributed by atoms with van der Waals surface area (Å²) in [7, 11) is 0. The number of allylic oxidation sites excluding steroid dienone is 1. The Labute approximate surface area is 66.7 Å². The summed E-state index contributed by atoms with van der Waals surface area (Å²) in [5.74, 6) is 0.757. The average Bonchev–Trinajstić information content (AvgIpc) is 2.51. The van der Waals surface area contributed by atoms with Crippen LogP contribution in [0.2, 0.25) is 0 Å². The van der Waals surface area contributed by atoms with Crippen molar-refractivity contribution in [1.82, 2.24) is 0 Å². The average molecular weight is 148 g/mol. The lowest BCUT2D eigenvalue weighted by atomic mass is 9.66. The van der Waals surface area contributed by atoms with E-state index in [1.54, 1.807) is 5.57 Å². The topological polar surface area (TPSA) is 9.23 Å². The van der Waals surface area contributed by atoms with E-state index in [0.29, 0.717) is 0 Å². The summed E-state index contributed by atoms with van der Waals surface area (Å²) in [6, 6.07) is 0. The molecule has 58 valence electrons. The molecule has 0 spiro atoms. The van der Waals surface area contributed by atoms with Gasteiger partial charge in [-0.05, 0) is 25.3 Å². The summed E-state index contributed by atoms with van der Waals surface area (Å²) >= 11 is 0. The minimum Gasteiger partial charge on any atom is -0.370 e. The van der Waals surface area contributed by atoms with Crippen molar-refractivity contribution in [2.45, 2.75) is 25.4 Å². The number of fused-ring (bicyclic) bond motifs is 3. The van der Waals surface area contributed by atoms with Crippen LogP contribution in [0.4, 0.5) is 0 Å². The van der Waals surface area contributed by atoms with Crippen LogP contribution >= 0.6 is 0 Å². The van der Waals surface area contributed by atoms with Crippen LogP contribution < -0.4 is 0 Å². The summed E-state index contributed by atoms with van der Waals surface area (Å²) < 4.78 is 5.74. The Bertz CT molecular complexity index is 275. The van der Waals surface area contributed by atoms with Gasteiger partial charge in [0.25, 0.3) is 0 Å². The van der Waals surface area contributed by atoms with Gasteiger partial charge >= 0.3 is 0 Å². The van der Waals surface area contributed by atoms with Gasteiger partial charge in [0.2, 0.25) is 0 Å². The molecule has 1 saturated heterocycles. The van der Waals surface area contributed by atoms with Crippen LogP contribution in [0.25, 0.3) is 0 Å². The van der Waals surface area contributed by atoms with Gasteiger partial charge in [0.05, 0.1) is 5.60 Å². The Hall–Kier alpha value is -0.560. The van der Waals surface area contributed by atoms with E-state index >= 15 is 0 Å². The molecule has 1 heterocycles. The quantitative estimate of drug-likeness (QED) is 0.511. The van der Waals surface area contributed by atoms with Crippen LogP contribution in [-0.2, 0) is 4.74 Å². The molecule has 3 rings (SSSR count). The smallest absolute Gasteiger partial charge is 0.0969 e. The van der Waals surface area contributed by atoms with Gasteiger partial charge in [0, 0.05) is 12.5 Å². The highest BCUT2D eigenvalue weighted by molar-refractivity contribution is 5.52. The first-order valence-electron chi connectivity index (χ1n) is 4.36. The first-order valence-corrected chi connectivity index (χ1v) is 4.36. The third-order valence-electron chi connectivity index (χ3n) is 3.40. The highest BCUT2D eigenvalue weighted by Crippen LogP contribution is 2.56. The van der Waals surface area contributed by atoms with Crippen molar-refractivity contribution in [2.75, 3.05) is 6.61 Å². The van der Waals surface area contributed by atoms with Crippen LogP contribution in [0.5, 0.6) is 0 Å². The van der Waals surface area contributed by atoms with E-state index in [4.69, 9.17) is 4.74 Å². The zero-order chi connectivity index (χ0) is 7.47. The molecule has 1 aliphatic heterocycles. The third-order valence-corrected chi connectivity index (χ3v) is 3.40. The molecule has 2 aliphatic carbocycles. The van der Waals surface area contributed by atoms with Crippen LogP contribution in [-0.4, -0.2) is 12.2 Å². The van der Waals surface area contributed by atoms with E-state index in [2.05, 4.69) is 19.1 Å². The Balaban J connectivity index is 2.10.